The molecule has 0 saturated carbocycles. The van der Waals surface area contributed by atoms with Gasteiger partial charge in [0.15, 0.2) is 6.61 Å². The van der Waals surface area contributed by atoms with Crippen LogP contribution in [0.3, 0.4) is 0 Å². The number of nitrogens with zero attached hydrogens (tertiary/aromatic N) is 3. The van der Waals surface area contributed by atoms with Gasteiger partial charge < -0.3 is 15.0 Å². The van der Waals surface area contributed by atoms with E-state index in [1.165, 1.54) is 36.4 Å². The molecule has 0 aliphatic heterocycles. The fraction of sp³-hybridized carbons (Fsp3) is 0.333. The molecule has 0 aliphatic rings. The molecule has 0 radical (unpaired) electrons. The summed E-state index contributed by atoms with van der Waals surface area (Å²) in [6.45, 7) is 1.67. The summed E-state index contributed by atoms with van der Waals surface area (Å²) >= 11 is 0. The molecule has 2 aromatic heterocycles. The van der Waals surface area contributed by atoms with Gasteiger partial charge in [-0.2, -0.15) is 13.2 Å². The SMILES string of the molecule is CC(=O)Nc1cc(C(=O)N(C)Cc2cnc(OCC(F)(F)F)c(C)c2)ccn1. The topological polar surface area (TPSA) is 84.4 Å². The molecule has 10 heteroatoms. The second-order valence-corrected chi connectivity index (χ2v) is 6.14. The van der Waals surface area contributed by atoms with Crippen LogP contribution in [0.5, 0.6) is 5.88 Å². The van der Waals surface area contributed by atoms with Gasteiger partial charge in [-0.15, -0.1) is 0 Å². The van der Waals surface area contributed by atoms with Crippen LogP contribution in [0, 0.1) is 6.92 Å². The van der Waals surface area contributed by atoms with Crippen LogP contribution in [0.15, 0.2) is 30.6 Å². The zero-order valence-corrected chi connectivity index (χ0v) is 15.5. The first-order valence-corrected chi connectivity index (χ1v) is 8.19. The van der Waals surface area contributed by atoms with Crippen LogP contribution in [-0.4, -0.2) is 46.5 Å². The molecule has 28 heavy (non-hydrogen) atoms. The highest BCUT2D eigenvalue weighted by Crippen LogP contribution is 2.21. The maximum atomic E-state index is 12.6. The number of halogens is 3. The van der Waals surface area contributed by atoms with Gasteiger partial charge in [0.1, 0.15) is 5.82 Å². The zero-order valence-electron chi connectivity index (χ0n) is 15.5. The minimum absolute atomic E-state index is 0.107. The Balaban J connectivity index is 2.06. The molecule has 0 aliphatic carbocycles. The number of rotatable bonds is 6. The predicted molar refractivity (Wildman–Crippen MR) is 94.9 cm³/mol. The fourth-order valence-corrected chi connectivity index (χ4v) is 2.39. The van der Waals surface area contributed by atoms with E-state index in [2.05, 4.69) is 20.0 Å². The van der Waals surface area contributed by atoms with Crippen molar-refractivity contribution in [2.75, 3.05) is 19.0 Å². The average Bonchev–Trinajstić information content (AvgIpc) is 2.59. The lowest BCUT2D eigenvalue weighted by atomic mass is 10.2. The molecule has 0 fully saturated rings. The van der Waals surface area contributed by atoms with E-state index in [-0.39, 0.29) is 30.1 Å². The normalized spacial score (nSPS) is 11.1. The standard InChI is InChI=1S/C18H19F3N4O3/c1-11-6-13(8-23-16(11)28-10-18(19,20)21)9-25(3)17(27)14-4-5-22-15(7-14)24-12(2)26/h4-8H,9-10H2,1-3H3,(H,22,24,26). The Morgan fingerprint density at radius 1 is 1.25 bits per heavy atom. The van der Waals surface area contributed by atoms with Gasteiger partial charge in [0, 0.05) is 44.0 Å². The van der Waals surface area contributed by atoms with E-state index >= 15 is 0 Å². The van der Waals surface area contributed by atoms with Crippen molar-refractivity contribution < 1.29 is 27.5 Å². The Labute approximate surface area is 159 Å². The maximum Gasteiger partial charge on any atom is 0.422 e. The third kappa shape index (κ3) is 6.22. The molecular weight excluding hydrogens is 377 g/mol. The van der Waals surface area contributed by atoms with Crippen molar-refractivity contribution in [3.8, 4) is 5.88 Å². The number of carbonyl (C=O) groups is 2. The first kappa shape index (κ1) is 21.1. The summed E-state index contributed by atoms with van der Waals surface area (Å²) in [5.41, 5.74) is 1.39. The molecule has 2 heterocycles. The first-order chi connectivity index (χ1) is 13.0. The van der Waals surface area contributed by atoms with E-state index in [4.69, 9.17) is 0 Å². The summed E-state index contributed by atoms with van der Waals surface area (Å²) in [4.78, 5) is 32.9. The molecule has 2 amide bonds. The summed E-state index contributed by atoms with van der Waals surface area (Å²) in [5.74, 6) is -0.469. The summed E-state index contributed by atoms with van der Waals surface area (Å²) in [7, 11) is 1.57. The number of amides is 2. The van der Waals surface area contributed by atoms with Gasteiger partial charge in [0.25, 0.3) is 5.91 Å². The molecule has 1 N–H and O–H groups in total. The fourth-order valence-electron chi connectivity index (χ4n) is 2.39. The number of pyridine rings is 2. The molecule has 7 nitrogen and oxygen atoms in total. The van der Waals surface area contributed by atoms with Gasteiger partial charge in [-0.25, -0.2) is 9.97 Å². The summed E-state index contributed by atoms with van der Waals surface area (Å²) in [6.07, 6.45) is -1.68. The van der Waals surface area contributed by atoms with Crippen LogP contribution >= 0.6 is 0 Å². The molecular formula is C18H19F3N4O3. The Morgan fingerprint density at radius 2 is 1.96 bits per heavy atom. The quantitative estimate of drug-likeness (QED) is 0.812. The van der Waals surface area contributed by atoms with Crippen LogP contribution in [-0.2, 0) is 11.3 Å². The molecule has 2 rings (SSSR count). The minimum Gasteiger partial charge on any atom is -0.468 e. The highest BCUT2D eigenvalue weighted by atomic mass is 19.4. The molecule has 0 unspecified atom stereocenters. The third-order valence-corrected chi connectivity index (χ3v) is 3.54. The van der Waals surface area contributed by atoms with Crippen molar-refractivity contribution >= 4 is 17.6 Å². The number of ether oxygens (including phenoxy) is 1. The van der Waals surface area contributed by atoms with E-state index < -0.39 is 12.8 Å². The second-order valence-electron chi connectivity index (χ2n) is 6.14. The number of aryl methyl sites for hydroxylation is 1. The third-order valence-electron chi connectivity index (χ3n) is 3.54. The number of aromatic nitrogens is 2. The van der Waals surface area contributed by atoms with E-state index in [9.17, 15) is 22.8 Å². The number of carbonyl (C=O) groups excluding carboxylic acids is 2. The number of hydrogen-bond donors (Lipinski definition) is 1. The number of anilines is 1. The molecule has 150 valence electrons. The van der Waals surface area contributed by atoms with Crippen molar-refractivity contribution in [3.63, 3.8) is 0 Å². The Bertz CT molecular complexity index is 871. The van der Waals surface area contributed by atoms with Crippen LogP contribution in [0.1, 0.15) is 28.4 Å². The monoisotopic (exact) mass is 396 g/mol. The molecule has 0 atom stereocenters. The Kier molecular flexibility index (Phi) is 6.55. The average molecular weight is 396 g/mol. The largest absolute Gasteiger partial charge is 0.468 e. The Hall–Kier alpha value is -3.17. The zero-order chi connectivity index (χ0) is 20.9. The molecule has 2 aromatic rings. The van der Waals surface area contributed by atoms with Gasteiger partial charge in [-0.3, -0.25) is 9.59 Å². The van der Waals surface area contributed by atoms with E-state index in [1.54, 1.807) is 20.0 Å². The smallest absolute Gasteiger partial charge is 0.422 e. The summed E-state index contributed by atoms with van der Waals surface area (Å²) < 4.78 is 41.4. The lowest BCUT2D eigenvalue weighted by molar-refractivity contribution is -0.154. The van der Waals surface area contributed by atoms with Crippen molar-refractivity contribution in [2.45, 2.75) is 26.6 Å². The molecule has 0 aromatic carbocycles. The number of nitrogens with one attached hydrogen (secondary N) is 1. The second kappa shape index (κ2) is 8.68. The molecule has 0 saturated heterocycles. The van der Waals surface area contributed by atoms with Crippen molar-refractivity contribution in [3.05, 3.63) is 47.3 Å². The Morgan fingerprint density at radius 3 is 2.57 bits per heavy atom. The van der Waals surface area contributed by atoms with E-state index in [0.717, 1.165) is 0 Å². The van der Waals surface area contributed by atoms with Gasteiger partial charge in [-0.1, -0.05) is 0 Å². The minimum atomic E-state index is -4.44. The summed E-state index contributed by atoms with van der Waals surface area (Å²) in [6, 6.07) is 4.58. The van der Waals surface area contributed by atoms with E-state index in [0.29, 0.717) is 16.7 Å². The van der Waals surface area contributed by atoms with Gasteiger partial charge in [0.05, 0.1) is 0 Å². The predicted octanol–water partition coefficient (Wildman–Crippen LogP) is 2.96. The van der Waals surface area contributed by atoms with Crippen LogP contribution in [0.2, 0.25) is 0 Å². The summed E-state index contributed by atoms with van der Waals surface area (Å²) in [5, 5.41) is 2.50. The van der Waals surface area contributed by atoms with E-state index in [1.807, 2.05) is 0 Å². The van der Waals surface area contributed by atoms with Gasteiger partial charge in [-0.05, 0) is 30.7 Å². The maximum absolute atomic E-state index is 12.6. The van der Waals surface area contributed by atoms with Crippen molar-refractivity contribution in [1.29, 1.82) is 0 Å². The lowest BCUT2D eigenvalue weighted by Gasteiger charge is -2.18. The highest BCUT2D eigenvalue weighted by molar-refractivity contribution is 5.96. The van der Waals surface area contributed by atoms with Gasteiger partial charge >= 0.3 is 6.18 Å². The molecule has 0 spiro atoms. The highest BCUT2D eigenvalue weighted by Gasteiger charge is 2.29. The van der Waals surface area contributed by atoms with Crippen LogP contribution in [0.4, 0.5) is 19.0 Å². The van der Waals surface area contributed by atoms with Crippen molar-refractivity contribution in [1.82, 2.24) is 14.9 Å². The molecule has 0 bridgehead atoms. The van der Waals surface area contributed by atoms with Crippen LogP contribution in [0.25, 0.3) is 0 Å². The van der Waals surface area contributed by atoms with Crippen molar-refractivity contribution in [2.24, 2.45) is 0 Å². The first-order valence-electron chi connectivity index (χ1n) is 8.19. The lowest BCUT2D eigenvalue weighted by Crippen LogP contribution is -2.26. The number of hydrogen-bond acceptors (Lipinski definition) is 5. The number of alkyl halides is 3. The van der Waals surface area contributed by atoms with Gasteiger partial charge in [0.2, 0.25) is 11.8 Å². The van der Waals surface area contributed by atoms with Crippen LogP contribution < -0.4 is 10.1 Å².